The van der Waals surface area contributed by atoms with Crippen LogP contribution in [-0.2, 0) is 0 Å². The first-order valence-corrected chi connectivity index (χ1v) is 6.97. The Kier molecular flexibility index (Phi) is 4.82. The van der Waals surface area contributed by atoms with Gasteiger partial charge in [0.05, 0.1) is 12.3 Å². The van der Waals surface area contributed by atoms with Gasteiger partial charge in [0.15, 0.2) is 0 Å². The molecule has 0 spiro atoms. The van der Waals surface area contributed by atoms with Crippen molar-refractivity contribution in [3.8, 4) is 5.75 Å². The Bertz CT molecular complexity index is 638. The molecule has 0 aromatic heterocycles. The maximum Gasteiger partial charge on any atom is 0.255 e. The highest BCUT2D eigenvalue weighted by atomic mass is 16.5. The molecule has 0 bridgehead atoms. The number of benzene rings is 2. The molecule has 0 aliphatic carbocycles. The molecule has 2 rings (SSSR count). The van der Waals surface area contributed by atoms with Crippen LogP contribution in [0, 0.1) is 6.92 Å². The van der Waals surface area contributed by atoms with E-state index < -0.39 is 0 Å². The molecule has 0 aliphatic heterocycles. The molecular formula is C17H20N2O2. The fourth-order valence-electron chi connectivity index (χ4n) is 2.13. The largest absolute Gasteiger partial charge is 0.492 e. The van der Waals surface area contributed by atoms with E-state index in [0.717, 1.165) is 11.3 Å². The van der Waals surface area contributed by atoms with E-state index in [1.165, 1.54) is 0 Å². The monoisotopic (exact) mass is 284 g/mol. The molecule has 21 heavy (non-hydrogen) atoms. The van der Waals surface area contributed by atoms with Crippen molar-refractivity contribution in [2.24, 2.45) is 0 Å². The van der Waals surface area contributed by atoms with E-state index in [2.05, 4.69) is 10.6 Å². The number of nitrogens with one attached hydrogen (secondary N) is 2. The van der Waals surface area contributed by atoms with Gasteiger partial charge in [0, 0.05) is 18.3 Å². The molecule has 0 atom stereocenters. The van der Waals surface area contributed by atoms with Crippen molar-refractivity contribution >= 4 is 17.3 Å². The number of carbonyl (C=O) groups is 1. The molecule has 2 N–H and O–H groups in total. The third-order valence-corrected chi connectivity index (χ3v) is 3.19. The number of amides is 1. The van der Waals surface area contributed by atoms with Crippen LogP contribution in [0.15, 0.2) is 42.5 Å². The number of anilines is 2. The summed E-state index contributed by atoms with van der Waals surface area (Å²) in [5.74, 6) is 0.532. The zero-order chi connectivity index (χ0) is 15.2. The van der Waals surface area contributed by atoms with Gasteiger partial charge in [-0.25, -0.2) is 0 Å². The van der Waals surface area contributed by atoms with Crippen LogP contribution in [-0.4, -0.2) is 19.6 Å². The van der Waals surface area contributed by atoms with Crippen LogP contribution in [0.3, 0.4) is 0 Å². The molecule has 4 nitrogen and oxygen atoms in total. The maximum atomic E-state index is 12.3. The van der Waals surface area contributed by atoms with E-state index in [9.17, 15) is 4.79 Å². The molecule has 0 saturated carbocycles. The van der Waals surface area contributed by atoms with Crippen molar-refractivity contribution in [1.29, 1.82) is 0 Å². The Morgan fingerprint density at radius 1 is 1.14 bits per heavy atom. The Balaban J connectivity index is 2.20. The minimum atomic E-state index is -0.145. The lowest BCUT2D eigenvalue weighted by molar-refractivity contribution is 0.102. The molecule has 2 aromatic carbocycles. The van der Waals surface area contributed by atoms with Crippen molar-refractivity contribution in [3.05, 3.63) is 53.6 Å². The highest BCUT2D eigenvalue weighted by Gasteiger charge is 2.10. The summed E-state index contributed by atoms with van der Waals surface area (Å²) in [6, 6.07) is 13.0. The number of carbonyl (C=O) groups excluding carboxylic acids is 1. The Hall–Kier alpha value is -2.49. The van der Waals surface area contributed by atoms with Gasteiger partial charge in [-0.3, -0.25) is 4.79 Å². The Labute approximate surface area is 125 Å². The van der Waals surface area contributed by atoms with Gasteiger partial charge in [0.2, 0.25) is 0 Å². The van der Waals surface area contributed by atoms with Gasteiger partial charge < -0.3 is 15.4 Å². The Morgan fingerprint density at radius 2 is 1.90 bits per heavy atom. The highest BCUT2D eigenvalue weighted by molar-refractivity contribution is 6.05. The van der Waals surface area contributed by atoms with Crippen LogP contribution >= 0.6 is 0 Å². The second-order valence-corrected chi connectivity index (χ2v) is 4.66. The second kappa shape index (κ2) is 6.79. The molecule has 110 valence electrons. The van der Waals surface area contributed by atoms with Gasteiger partial charge >= 0.3 is 0 Å². The smallest absolute Gasteiger partial charge is 0.255 e. The number of hydrogen-bond acceptors (Lipinski definition) is 3. The molecule has 0 radical (unpaired) electrons. The summed E-state index contributed by atoms with van der Waals surface area (Å²) in [7, 11) is 1.86. The van der Waals surface area contributed by atoms with E-state index in [0.29, 0.717) is 23.6 Å². The predicted octanol–water partition coefficient (Wildman–Crippen LogP) is 3.69. The van der Waals surface area contributed by atoms with Crippen molar-refractivity contribution in [1.82, 2.24) is 0 Å². The lowest BCUT2D eigenvalue weighted by Gasteiger charge is -2.12. The van der Waals surface area contributed by atoms with Crippen LogP contribution in [0.25, 0.3) is 0 Å². The number of rotatable bonds is 5. The van der Waals surface area contributed by atoms with E-state index in [-0.39, 0.29) is 5.91 Å². The summed E-state index contributed by atoms with van der Waals surface area (Å²) in [5, 5.41) is 5.98. The number of para-hydroxylation sites is 2. The number of aryl methyl sites for hydroxylation is 1. The summed E-state index contributed by atoms with van der Waals surface area (Å²) in [6.45, 7) is 4.44. The minimum absolute atomic E-state index is 0.145. The lowest BCUT2D eigenvalue weighted by Crippen LogP contribution is -2.13. The molecule has 4 heteroatoms. The molecule has 0 unspecified atom stereocenters. The molecule has 0 aliphatic rings. The molecule has 2 aromatic rings. The first-order chi connectivity index (χ1) is 10.2. The lowest BCUT2D eigenvalue weighted by atomic mass is 10.1. The second-order valence-electron chi connectivity index (χ2n) is 4.66. The fourth-order valence-corrected chi connectivity index (χ4v) is 2.13. The van der Waals surface area contributed by atoms with Crippen LogP contribution in [0.5, 0.6) is 5.75 Å². The van der Waals surface area contributed by atoms with Crippen molar-refractivity contribution < 1.29 is 9.53 Å². The molecule has 1 amide bonds. The van der Waals surface area contributed by atoms with Gasteiger partial charge in [-0.05, 0) is 49.7 Å². The van der Waals surface area contributed by atoms with Crippen LogP contribution in [0.1, 0.15) is 22.8 Å². The number of hydrogen-bond donors (Lipinski definition) is 2. The van der Waals surface area contributed by atoms with Crippen molar-refractivity contribution in [3.63, 3.8) is 0 Å². The quantitative estimate of drug-likeness (QED) is 0.880. The average Bonchev–Trinajstić information content (AvgIpc) is 2.49. The summed E-state index contributed by atoms with van der Waals surface area (Å²) in [5.41, 5.74) is 3.35. The van der Waals surface area contributed by atoms with Crippen LogP contribution in [0.4, 0.5) is 11.4 Å². The summed E-state index contributed by atoms with van der Waals surface area (Å²) >= 11 is 0. The van der Waals surface area contributed by atoms with Gasteiger partial charge in [-0.15, -0.1) is 0 Å². The van der Waals surface area contributed by atoms with Gasteiger partial charge in [0.25, 0.3) is 5.91 Å². The zero-order valence-corrected chi connectivity index (χ0v) is 12.6. The maximum absolute atomic E-state index is 12.3. The fraction of sp³-hybridized carbons (Fsp3) is 0.235. The minimum Gasteiger partial charge on any atom is -0.492 e. The average molecular weight is 284 g/mol. The summed E-state index contributed by atoms with van der Waals surface area (Å²) < 4.78 is 5.51. The van der Waals surface area contributed by atoms with Crippen molar-refractivity contribution in [2.75, 3.05) is 24.3 Å². The number of ether oxygens (including phenoxy) is 1. The summed E-state index contributed by atoms with van der Waals surface area (Å²) in [6.07, 6.45) is 0. The van der Waals surface area contributed by atoms with Gasteiger partial charge in [0.1, 0.15) is 5.75 Å². The third-order valence-electron chi connectivity index (χ3n) is 3.19. The zero-order valence-electron chi connectivity index (χ0n) is 12.6. The standard InChI is InChI=1S/C17H20N2O2/c1-4-21-16-8-6-5-7-15(16)19-17(20)13-9-10-14(18-3)12(2)11-13/h5-11,18H,4H2,1-3H3,(H,19,20). The van der Waals surface area contributed by atoms with E-state index in [1.807, 2.05) is 57.3 Å². The normalized spacial score (nSPS) is 10.0. The van der Waals surface area contributed by atoms with Crippen LogP contribution in [0.2, 0.25) is 0 Å². The topological polar surface area (TPSA) is 50.4 Å². The van der Waals surface area contributed by atoms with Crippen LogP contribution < -0.4 is 15.4 Å². The molecule has 0 saturated heterocycles. The third kappa shape index (κ3) is 3.54. The summed E-state index contributed by atoms with van der Waals surface area (Å²) in [4.78, 5) is 12.3. The molecule has 0 heterocycles. The van der Waals surface area contributed by atoms with E-state index in [1.54, 1.807) is 6.07 Å². The van der Waals surface area contributed by atoms with Crippen molar-refractivity contribution in [2.45, 2.75) is 13.8 Å². The highest BCUT2D eigenvalue weighted by Crippen LogP contribution is 2.25. The Morgan fingerprint density at radius 3 is 2.57 bits per heavy atom. The SMILES string of the molecule is CCOc1ccccc1NC(=O)c1ccc(NC)c(C)c1. The van der Waals surface area contributed by atoms with Gasteiger partial charge in [-0.2, -0.15) is 0 Å². The van der Waals surface area contributed by atoms with Gasteiger partial charge in [-0.1, -0.05) is 12.1 Å². The van der Waals surface area contributed by atoms with E-state index >= 15 is 0 Å². The predicted molar refractivity (Wildman–Crippen MR) is 86.3 cm³/mol. The molecule has 0 fully saturated rings. The molecular weight excluding hydrogens is 264 g/mol. The first kappa shape index (κ1) is 14.9. The van der Waals surface area contributed by atoms with E-state index in [4.69, 9.17) is 4.74 Å². The first-order valence-electron chi connectivity index (χ1n) is 6.97.